The van der Waals surface area contributed by atoms with E-state index in [0.717, 1.165) is 6.42 Å². The summed E-state index contributed by atoms with van der Waals surface area (Å²) in [5, 5.41) is 13.4. The van der Waals surface area contributed by atoms with Crippen molar-refractivity contribution in [2.75, 3.05) is 13.1 Å². The van der Waals surface area contributed by atoms with Crippen molar-refractivity contribution in [3.63, 3.8) is 0 Å². The van der Waals surface area contributed by atoms with E-state index in [0.29, 0.717) is 12.5 Å². The number of urea groups is 1. The van der Waals surface area contributed by atoms with Crippen LogP contribution < -0.4 is 10.6 Å². The van der Waals surface area contributed by atoms with E-state index in [1.54, 1.807) is 0 Å². The molecule has 0 saturated carbocycles. The predicted molar refractivity (Wildman–Crippen MR) is 53.1 cm³/mol. The standard InChI is InChI=1S/C9H18N2O3/c1-3-7(2)6-11-9(14)10-5-4-8(12)13/h7H,3-6H2,1-2H3,(H,12,13)(H2,10,11,14). The van der Waals surface area contributed by atoms with E-state index < -0.39 is 5.97 Å². The average Bonchev–Trinajstić information content (AvgIpc) is 2.13. The van der Waals surface area contributed by atoms with E-state index in [-0.39, 0.29) is 19.0 Å². The van der Waals surface area contributed by atoms with E-state index in [1.807, 2.05) is 6.92 Å². The minimum absolute atomic E-state index is 0.0449. The molecule has 2 amide bonds. The number of carbonyl (C=O) groups excluding carboxylic acids is 1. The van der Waals surface area contributed by atoms with E-state index >= 15 is 0 Å². The zero-order valence-electron chi connectivity index (χ0n) is 8.67. The molecule has 82 valence electrons. The highest BCUT2D eigenvalue weighted by Gasteiger charge is 2.03. The van der Waals surface area contributed by atoms with Crippen LogP contribution in [0, 0.1) is 5.92 Å². The molecule has 0 fully saturated rings. The summed E-state index contributed by atoms with van der Waals surface area (Å²) in [6.07, 6.45) is 0.964. The summed E-state index contributed by atoms with van der Waals surface area (Å²) in [6, 6.07) is -0.299. The predicted octanol–water partition coefficient (Wildman–Crippen LogP) is 0.806. The number of carbonyl (C=O) groups is 2. The molecule has 0 heterocycles. The molecule has 0 aromatic rings. The first kappa shape index (κ1) is 12.7. The van der Waals surface area contributed by atoms with Gasteiger partial charge in [0, 0.05) is 13.1 Å². The van der Waals surface area contributed by atoms with Crippen LogP contribution in [0.1, 0.15) is 26.7 Å². The topological polar surface area (TPSA) is 78.4 Å². The molecule has 0 aromatic carbocycles. The molecule has 0 spiro atoms. The van der Waals surface area contributed by atoms with Gasteiger partial charge >= 0.3 is 12.0 Å². The molecule has 0 rings (SSSR count). The Balaban J connectivity index is 3.41. The monoisotopic (exact) mass is 202 g/mol. The molecule has 0 aliphatic heterocycles. The molecule has 0 saturated heterocycles. The maximum absolute atomic E-state index is 11.0. The highest BCUT2D eigenvalue weighted by molar-refractivity contribution is 5.74. The molecule has 3 N–H and O–H groups in total. The van der Waals surface area contributed by atoms with Gasteiger partial charge in [-0.25, -0.2) is 4.79 Å². The third kappa shape index (κ3) is 7.39. The number of amides is 2. The molecule has 14 heavy (non-hydrogen) atoms. The number of rotatable bonds is 6. The number of carboxylic acids is 1. The molecular formula is C9H18N2O3. The lowest BCUT2D eigenvalue weighted by atomic mass is 10.1. The van der Waals surface area contributed by atoms with Gasteiger partial charge in [0.2, 0.25) is 0 Å². The second-order valence-corrected chi connectivity index (χ2v) is 3.29. The van der Waals surface area contributed by atoms with Crippen LogP contribution in [0.4, 0.5) is 4.79 Å². The Hall–Kier alpha value is -1.26. The van der Waals surface area contributed by atoms with E-state index in [1.165, 1.54) is 0 Å². The lowest BCUT2D eigenvalue weighted by molar-refractivity contribution is -0.136. The van der Waals surface area contributed by atoms with Crippen molar-refractivity contribution < 1.29 is 14.7 Å². The molecule has 0 aliphatic rings. The molecule has 1 atom stereocenters. The molecule has 0 radical (unpaired) electrons. The largest absolute Gasteiger partial charge is 0.481 e. The van der Waals surface area contributed by atoms with E-state index in [4.69, 9.17) is 5.11 Å². The zero-order valence-corrected chi connectivity index (χ0v) is 8.67. The van der Waals surface area contributed by atoms with E-state index in [2.05, 4.69) is 17.6 Å². The molecule has 1 unspecified atom stereocenters. The Kier molecular flexibility index (Phi) is 6.53. The van der Waals surface area contributed by atoms with Crippen molar-refractivity contribution in [2.45, 2.75) is 26.7 Å². The Morgan fingerprint density at radius 2 is 2.00 bits per heavy atom. The third-order valence-corrected chi connectivity index (χ3v) is 1.93. The summed E-state index contributed by atoms with van der Waals surface area (Å²) in [6.45, 7) is 4.88. The van der Waals surface area contributed by atoms with Crippen molar-refractivity contribution in [1.29, 1.82) is 0 Å². The molecule has 0 aromatic heterocycles. The minimum atomic E-state index is -0.910. The fourth-order valence-corrected chi connectivity index (χ4v) is 0.757. The summed E-state index contributed by atoms with van der Waals surface area (Å²) in [5.41, 5.74) is 0. The number of nitrogens with one attached hydrogen (secondary N) is 2. The Morgan fingerprint density at radius 1 is 1.36 bits per heavy atom. The SMILES string of the molecule is CCC(C)CNC(=O)NCCC(=O)O. The summed E-state index contributed by atoms with van der Waals surface area (Å²) < 4.78 is 0. The smallest absolute Gasteiger partial charge is 0.314 e. The second kappa shape index (κ2) is 7.17. The average molecular weight is 202 g/mol. The normalized spacial score (nSPS) is 11.9. The first-order chi connectivity index (χ1) is 6.56. The number of carboxylic acid groups (broad SMARTS) is 1. The fourth-order valence-electron chi connectivity index (χ4n) is 0.757. The van der Waals surface area contributed by atoms with Crippen molar-refractivity contribution in [3.8, 4) is 0 Å². The van der Waals surface area contributed by atoms with Crippen LogP contribution in [0.25, 0.3) is 0 Å². The first-order valence-corrected chi connectivity index (χ1v) is 4.79. The van der Waals surface area contributed by atoms with Crippen molar-refractivity contribution in [1.82, 2.24) is 10.6 Å². The van der Waals surface area contributed by atoms with Gasteiger partial charge in [-0.2, -0.15) is 0 Å². The quantitative estimate of drug-likeness (QED) is 0.596. The summed E-state index contributed by atoms with van der Waals surface area (Å²) >= 11 is 0. The molecule has 5 nitrogen and oxygen atoms in total. The van der Waals surface area contributed by atoms with Crippen molar-refractivity contribution in [2.24, 2.45) is 5.92 Å². The van der Waals surface area contributed by atoms with Gasteiger partial charge in [0.05, 0.1) is 6.42 Å². The summed E-state index contributed by atoms with van der Waals surface area (Å²) in [7, 11) is 0. The molecule has 0 aliphatic carbocycles. The van der Waals surface area contributed by atoms with Gasteiger partial charge in [-0.05, 0) is 5.92 Å². The fraction of sp³-hybridized carbons (Fsp3) is 0.778. The van der Waals surface area contributed by atoms with Crippen LogP contribution in [0.2, 0.25) is 0 Å². The van der Waals surface area contributed by atoms with Gasteiger partial charge in [-0.3, -0.25) is 4.79 Å². The van der Waals surface area contributed by atoms with Gasteiger partial charge in [0.15, 0.2) is 0 Å². The Bertz CT molecular complexity index is 194. The highest BCUT2D eigenvalue weighted by atomic mass is 16.4. The minimum Gasteiger partial charge on any atom is -0.481 e. The van der Waals surface area contributed by atoms with Crippen molar-refractivity contribution in [3.05, 3.63) is 0 Å². The van der Waals surface area contributed by atoms with Crippen LogP contribution in [0.15, 0.2) is 0 Å². The van der Waals surface area contributed by atoms with Crippen LogP contribution >= 0.6 is 0 Å². The zero-order chi connectivity index (χ0) is 11.0. The third-order valence-electron chi connectivity index (χ3n) is 1.93. The molecule has 0 bridgehead atoms. The van der Waals surface area contributed by atoms with Crippen molar-refractivity contribution >= 4 is 12.0 Å². The number of hydrogen-bond acceptors (Lipinski definition) is 2. The highest BCUT2D eigenvalue weighted by Crippen LogP contribution is 1.96. The summed E-state index contributed by atoms with van der Waals surface area (Å²) in [4.78, 5) is 21.2. The maximum Gasteiger partial charge on any atom is 0.314 e. The van der Waals surface area contributed by atoms with Gasteiger partial charge in [0.1, 0.15) is 0 Å². The first-order valence-electron chi connectivity index (χ1n) is 4.79. The lowest BCUT2D eigenvalue weighted by Gasteiger charge is -2.10. The number of aliphatic carboxylic acids is 1. The Morgan fingerprint density at radius 3 is 2.50 bits per heavy atom. The van der Waals surface area contributed by atoms with Gasteiger partial charge in [-0.1, -0.05) is 20.3 Å². The van der Waals surface area contributed by atoms with Crippen LogP contribution in [0.5, 0.6) is 0 Å². The van der Waals surface area contributed by atoms with Gasteiger partial charge < -0.3 is 15.7 Å². The maximum atomic E-state index is 11.0. The second-order valence-electron chi connectivity index (χ2n) is 3.29. The summed E-state index contributed by atoms with van der Waals surface area (Å²) in [5.74, 6) is -0.465. The van der Waals surface area contributed by atoms with Crippen LogP contribution in [-0.4, -0.2) is 30.2 Å². The van der Waals surface area contributed by atoms with E-state index in [9.17, 15) is 9.59 Å². The molecular weight excluding hydrogens is 184 g/mol. The van der Waals surface area contributed by atoms with Gasteiger partial charge in [-0.15, -0.1) is 0 Å². The Labute approximate surface area is 83.9 Å². The number of hydrogen-bond donors (Lipinski definition) is 3. The van der Waals surface area contributed by atoms with Gasteiger partial charge in [0.25, 0.3) is 0 Å². The molecule has 5 heteroatoms. The lowest BCUT2D eigenvalue weighted by Crippen LogP contribution is -2.38. The van der Waals surface area contributed by atoms with Crippen LogP contribution in [0.3, 0.4) is 0 Å². The van der Waals surface area contributed by atoms with Crippen LogP contribution in [-0.2, 0) is 4.79 Å².